The molecule has 4 rings (SSSR count). The number of hydrogen-bond donors (Lipinski definition) is 1. The first-order chi connectivity index (χ1) is 15.3. The molecule has 31 heavy (non-hydrogen) atoms. The fraction of sp³-hybridized carbons (Fsp3) is 0.160. The van der Waals surface area contributed by atoms with Gasteiger partial charge in [-0.2, -0.15) is 5.10 Å². The molecule has 1 amide bonds. The van der Waals surface area contributed by atoms with Crippen molar-refractivity contribution in [3.05, 3.63) is 114 Å². The van der Waals surface area contributed by atoms with Crippen LogP contribution in [0.4, 0.5) is 5.82 Å². The van der Waals surface area contributed by atoms with Crippen LogP contribution < -0.4 is 5.32 Å². The van der Waals surface area contributed by atoms with Crippen molar-refractivity contribution < 1.29 is 9.53 Å². The molecule has 2 aromatic heterocycles. The quantitative estimate of drug-likeness (QED) is 0.446. The van der Waals surface area contributed by atoms with Crippen molar-refractivity contribution in [1.82, 2.24) is 14.8 Å². The van der Waals surface area contributed by atoms with Crippen LogP contribution in [0.2, 0.25) is 0 Å². The zero-order chi connectivity index (χ0) is 21.3. The molecular formula is C25H24N4O2. The Labute approximate surface area is 181 Å². The van der Waals surface area contributed by atoms with Crippen molar-refractivity contribution in [2.75, 3.05) is 11.9 Å². The Hall–Kier alpha value is -3.77. The molecule has 0 radical (unpaired) electrons. The molecule has 156 valence electrons. The molecule has 0 aliphatic heterocycles. The minimum Gasteiger partial charge on any atom is -0.359 e. The number of anilines is 1. The van der Waals surface area contributed by atoms with Gasteiger partial charge >= 0.3 is 0 Å². The maximum atomic E-state index is 12.5. The van der Waals surface area contributed by atoms with Gasteiger partial charge in [0.05, 0.1) is 0 Å². The zero-order valence-electron chi connectivity index (χ0n) is 17.1. The molecule has 0 aliphatic carbocycles. The predicted molar refractivity (Wildman–Crippen MR) is 119 cm³/mol. The third kappa shape index (κ3) is 5.87. The number of rotatable bonds is 9. The van der Waals surface area contributed by atoms with Gasteiger partial charge in [0.2, 0.25) is 0 Å². The van der Waals surface area contributed by atoms with E-state index in [2.05, 4.69) is 15.4 Å². The molecule has 1 N–H and O–H groups in total. The summed E-state index contributed by atoms with van der Waals surface area (Å²) < 4.78 is 7.82. The molecule has 0 spiro atoms. The highest BCUT2D eigenvalue weighted by Gasteiger charge is 2.16. The topological polar surface area (TPSA) is 69.0 Å². The first kappa shape index (κ1) is 20.5. The standard InChI is InChI=1S/C25H24N4O2/c30-24(27-23-14-18-29(28-23)17-13-20-11-15-26-16-12-20)19-31-25(21-7-3-1-4-8-21)22-9-5-2-6-10-22/h1-12,14-16,18,25H,13,17,19H2,(H,27,28,30). The smallest absolute Gasteiger partial charge is 0.251 e. The highest BCUT2D eigenvalue weighted by atomic mass is 16.5. The highest BCUT2D eigenvalue weighted by Crippen LogP contribution is 2.25. The summed E-state index contributed by atoms with van der Waals surface area (Å²) in [5.41, 5.74) is 3.20. The Morgan fingerprint density at radius 2 is 1.55 bits per heavy atom. The van der Waals surface area contributed by atoms with Gasteiger partial charge in [0.1, 0.15) is 12.7 Å². The Morgan fingerprint density at radius 1 is 0.903 bits per heavy atom. The third-order valence-corrected chi connectivity index (χ3v) is 4.87. The second-order valence-corrected chi connectivity index (χ2v) is 7.13. The summed E-state index contributed by atoms with van der Waals surface area (Å²) in [4.78, 5) is 16.5. The van der Waals surface area contributed by atoms with Crippen molar-refractivity contribution in [2.24, 2.45) is 0 Å². The van der Waals surface area contributed by atoms with Crippen LogP contribution in [-0.2, 0) is 22.5 Å². The van der Waals surface area contributed by atoms with E-state index in [9.17, 15) is 4.79 Å². The van der Waals surface area contributed by atoms with E-state index < -0.39 is 0 Å². The maximum absolute atomic E-state index is 12.5. The van der Waals surface area contributed by atoms with Crippen molar-refractivity contribution in [2.45, 2.75) is 19.1 Å². The number of aromatic nitrogens is 3. The molecule has 0 fully saturated rings. The largest absolute Gasteiger partial charge is 0.359 e. The molecule has 2 aromatic carbocycles. The second kappa shape index (κ2) is 10.3. The molecule has 2 heterocycles. The fourth-order valence-corrected chi connectivity index (χ4v) is 3.32. The molecule has 4 aromatic rings. The number of carbonyl (C=O) groups excluding carboxylic acids is 1. The van der Waals surface area contributed by atoms with Gasteiger partial charge in [-0.15, -0.1) is 0 Å². The van der Waals surface area contributed by atoms with Crippen LogP contribution in [0.15, 0.2) is 97.5 Å². The lowest BCUT2D eigenvalue weighted by Crippen LogP contribution is -2.21. The molecule has 0 aliphatic rings. The lowest BCUT2D eigenvalue weighted by molar-refractivity contribution is -0.121. The van der Waals surface area contributed by atoms with E-state index in [-0.39, 0.29) is 18.6 Å². The number of amides is 1. The highest BCUT2D eigenvalue weighted by molar-refractivity contribution is 5.90. The summed E-state index contributed by atoms with van der Waals surface area (Å²) >= 11 is 0. The number of carbonyl (C=O) groups is 1. The summed E-state index contributed by atoms with van der Waals surface area (Å²) in [5, 5.41) is 7.24. The van der Waals surface area contributed by atoms with Crippen LogP contribution in [0.3, 0.4) is 0 Å². The van der Waals surface area contributed by atoms with E-state index in [4.69, 9.17) is 4.74 Å². The first-order valence-electron chi connectivity index (χ1n) is 10.2. The van der Waals surface area contributed by atoms with Gasteiger partial charge in [-0.25, -0.2) is 0 Å². The Morgan fingerprint density at radius 3 is 2.19 bits per heavy atom. The van der Waals surface area contributed by atoms with Gasteiger partial charge in [0, 0.05) is 31.2 Å². The van der Waals surface area contributed by atoms with E-state index in [1.54, 1.807) is 18.5 Å². The number of ether oxygens (including phenoxy) is 1. The number of nitrogens with one attached hydrogen (secondary N) is 1. The first-order valence-corrected chi connectivity index (χ1v) is 10.2. The zero-order valence-corrected chi connectivity index (χ0v) is 17.1. The van der Waals surface area contributed by atoms with Crippen LogP contribution >= 0.6 is 0 Å². The Balaban J connectivity index is 1.33. The maximum Gasteiger partial charge on any atom is 0.251 e. The molecular weight excluding hydrogens is 388 g/mol. The Kier molecular flexibility index (Phi) is 6.82. The molecule has 0 bridgehead atoms. The number of hydrogen-bond acceptors (Lipinski definition) is 4. The molecule has 0 saturated carbocycles. The molecule has 0 saturated heterocycles. The minimum atomic E-state index is -0.314. The number of pyridine rings is 1. The summed E-state index contributed by atoms with van der Waals surface area (Å²) in [6, 6.07) is 25.5. The van der Waals surface area contributed by atoms with E-state index in [1.165, 1.54) is 5.56 Å². The molecule has 0 unspecified atom stereocenters. The van der Waals surface area contributed by atoms with E-state index in [1.807, 2.05) is 83.7 Å². The van der Waals surface area contributed by atoms with Crippen molar-refractivity contribution in [1.29, 1.82) is 0 Å². The van der Waals surface area contributed by atoms with Crippen LogP contribution in [-0.4, -0.2) is 27.3 Å². The SMILES string of the molecule is O=C(COC(c1ccccc1)c1ccccc1)Nc1ccn(CCc2ccncc2)n1. The number of benzene rings is 2. The van der Waals surface area contributed by atoms with Gasteiger partial charge in [-0.3, -0.25) is 14.5 Å². The lowest BCUT2D eigenvalue weighted by Gasteiger charge is -2.18. The summed E-state index contributed by atoms with van der Waals surface area (Å²) in [6.45, 7) is 0.652. The fourth-order valence-electron chi connectivity index (χ4n) is 3.32. The van der Waals surface area contributed by atoms with Crippen molar-refractivity contribution in [3.8, 4) is 0 Å². The monoisotopic (exact) mass is 412 g/mol. The van der Waals surface area contributed by atoms with Crippen molar-refractivity contribution in [3.63, 3.8) is 0 Å². The van der Waals surface area contributed by atoms with Gasteiger partial charge in [-0.1, -0.05) is 60.7 Å². The minimum absolute atomic E-state index is 0.0711. The van der Waals surface area contributed by atoms with Gasteiger partial charge in [0.25, 0.3) is 5.91 Å². The van der Waals surface area contributed by atoms with Crippen LogP contribution in [0.5, 0.6) is 0 Å². The van der Waals surface area contributed by atoms with Crippen LogP contribution in [0, 0.1) is 0 Å². The van der Waals surface area contributed by atoms with Gasteiger partial charge < -0.3 is 10.1 Å². The van der Waals surface area contributed by atoms with Crippen LogP contribution in [0.1, 0.15) is 22.8 Å². The van der Waals surface area contributed by atoms with E-state index in [0.29, 0.717) is 5.82 Å². The van der Waals surface area contributed by atoms with Crippen LogP contribution in [0.25, 0.3) is 0 Å². The normalized spacial score (nSPS) is 10.9. The Bertz CT molecular complexity index is 1040. The summed E-state index contributed by atoms with van der Waals surface area (Å²) in [5.74, 6) is 0.274. The van der Waals surface area contributed by atoms with E-state index >= 15 is 0 Å². The van der Waals surface area contributed by atoms with E-state index in [0.717, 1.165) is 24.1 Å². The average molecular weight is 412 g/mol. The molecule has 6 heteroatoms. The number of aryl methyl sites for hydroxylation is 2. The lowest BCUT2D eigenvalue weighted by atomic mass is 10.0. The number of nitrogens with zero attached hydrogens (tertiary/aromatic N) is 3. The summed E-state index contributed by atoms with van der Waals surface area (Å²) in [7, 11) is 0. The van der Waals surface area contributed by atoms with Gasteiger partial charge in [0.15, 0.2) is 5.82 Å². The third-order valence-electron chi connectivity index (χ3n) is 4.87. The average Bonchev–Trinajstić information content (AvgIpc) is 3.27. The van der Waals surface area contributed by atoms with Crippen molar-refractivity contribution >= 4 is 11.7 Å². The predicted octanol–water partition coefficient (Wildman–Crippen LogP) is 4.27. The van der Waals surface area contributed by atoms with Gasteiger partial charge in [-0.05, 0) is 35.2 Å². The second-order valence-electron chi connectivity index (χ2n) is 7.13. The summed E-state index contributed by atoms with van der Waals surface area (Å²) in [6.07, 6.45) is 5.95. The molecule has 0 atom stereocenters. The molecule has 6 nitrogen and oxygen atoms in total.